The Balaban J connectivity index is 1.72. The number of amides is 1. The van der Waals surface area contributed by atoms with E-state index in [9.17, 15) is 4.79 Å². The van der Waals surface area contributed by atoms with Crippen LogP contribution < -0.4 is 11.1 Å². The number of benzene rings is 1. The quantitative estimate of drug-likeness (QED) is 0.838. The molecule has 0 radical (unpaired) electrons. The third-order valence-corrected chi connectivity index (χ3v) is 4.10. The highest BCUT2D eigenvalue weighted by Crippen LogP contribution is 2.30. The van der Waals surface area contributed by atoms with Crippen molar-refractivity contribution in [2.24, 2.45) is 17.6 Å². The van der Waals surface area contributed by atoms with Gasteiger partial charge in [0.15, 0.2) is 0 Å². The molecule has 1 aromatic rings. The van der Waals surface area contributed by atoms with Crippen LogP contribution in [0.3, 0.4) is 0 Å². The van der Waals surface area contributed by atoms with E-state index in [2.05, 4.69) is 5.32 Å². The topological polar surface area (TPSA) is 64.3 Å². The van der Waals surface area contributed by atoms with Crippen molar-refractivity contribution >= 4 is 11.6 Å². The van der Waals surface area contributed by atoms with Crippen molar-refractivity contribution in [3.8, 4) is 0 Å². The van der Waals surface area contributed by atoms with Gasteiger partial charge in [0.2, 0.25) is 5.91 Å². The maximum absolute atomic E-state index is 11.8. The van der Waals surface area contributed by atoms with Gasteiger partial charge in [0.25, 0.3) is 0 Å². The Bertz CT molecular complexity index is 448. The average Bonchev–Trinajstić information content (AvgIpc) is 2.89. The van der Waals surface area contributed by atoms with Crippen LogP contribution in [0.15, 0.2) is 24.3 Å². The minimum Gasteiger partial charge on any atom is -0.371 e. The van der Waals surface area contributed by atoms with Gasteiger partial charge in [-0.3, -0.25) is 4.79 Å². The number of anilines is 1. The number of para-hydroxylation sites is 1. The molecule has 0 aliphatic heterocycles. The summed E-state index contributed by atoms with van der Waals surface area (Å²) in [5.74, 6) is 0.988. The van der Waals surface area contributed by atoms with E-state index in [4.69, 9.17) is 10.5 Å². The Morgan fingerprint density at radius 1 is 1.35 bits per heavy atom. The molecule has 0 aromatic heterocycles. The van der Waals surface area contributed by atoms with Gasteiger partial charge in [-0.15, -0.1) is 0 Å². The molecule has 20 heavy (non-hydrogen) atoms. The van der Waals surface area contributed by atoms with Gasteiger partial charge in [-0.05, 0) is 49.8 Å². The summed E-state index contributed by atoms with van der Waals surface area (Å²) in [5.41, 5.74) is 7.64. The van der Waals surface area contributed by atoms with Crippen LogP contribution in [0.25, 0.3) is 0 Å². The summed E-state index contributed by atoms with van der Waals surface area (Å²) in [7, 11) is 0. The molecule has 4 heteroatoms. The molecular weight excluding hydrogens is 252 g/mol. The van der Waals surface area contributed by atoms with Crippen molar-refractivity contribution in [2.45, 2.75) is 26.2 Å². The van der Waals surface area contributed by atoms with E-state index < -0.39 is 0 Å². The lowest BCUT2D eigenvalue weighted by Crippen LogP contribution is -2.25. The maximum atomic E-state index is 11.8. The smallest absolute Gasteiger partial charge is 0.250 e. The van der Waals surface area contributed by atoms with Crippen LogP contribution in [0.2, 0.25) is 0 Å². The van der Waals surface area contributed by atoms with Crippen molar-refractivity contribution in [1.82, 2.24) is 0 Å². The predicted octanol–water partition coefficient (Wildman–Crippen LogP) is 2.33. The van der Waals surface area contributed by atoms with Gasteiger partial charge in [0.05, 0.1) is 6.61 Å². The number of hydrogen-bond acceptors (Lipinski definition) is 3. The molecule has 1 aliphatic rings. The van der Waals surface area contributed by atoms with Gasteiger partial charge in [0, 0.05) is 5.69 Å². The zero-order chi connectivity index (χ0) is 14.4. The van der Waals surface area contributed by atoms with Gasteiger partial charge in [-0.1, -0.05) is 24.6 Å². The molecule has 2 atom stereocenters. The van der Waals surface area contributed by atoms with E-state index in [0.717, 1.165) is 17.8 Å². The average molecular weight is 276 g/mol. The van der Waals surface area contributed by atoms with Crippen LogP contribution in [0.5, 0.6) is 0 Å². The fourth-order valence-corrected chi connectivity index (χ4v) is 2.85. The molecule has 0 spiro atoms. The number of aryl methyl sites for hydroxylation is 1. The normalized spacial score (nSPS) is 21.9. The summed E-state index contributed by atoms with van der Waals surface area (Å²) < 4.78 is 5.56. The first-order valence-electron chi connectivity index (χ1n) is 7.34. The fourth-order valence-electron chi connectivity index (χ4n) is 2.85. The number of nitrogens with one attached hydrogen (secondary N) is 1. The van der Waals surface area contributed by atoms with Crippen molar-refractivity contribution in [2.75, 3.05) is 25.1 Å². The predicted molar refractivity (Wildman–Crippen MR) is 80.5 cm³/mol. The highest BCUT2D eigenvalue weighted by atomic mass is 16.5. The summed E-state index contributed by atoms with van der Waals surface area (Å²) in [6, 6.07) is 7.73. The molecule has 2 rings (SSSR count). The lowest BCUT2D eigenvalue weighted by molar-refractivity contribution is -0.121. The highest BCUT2D eigenvalue weighted by molar-refractivity contribution is 5.92. The largest absolute Gasteiger partial charge is 0.371 e. The van der Waals surface area contributed by atoms with Crippen molar-refractivity contribution < 1.29 is 9.53 Å². The Morgan fingerprint density at radius 2 is 2.10 bits per heavy atom. The van der Waals surface area contributed by atoms with Crippen LogP contribution >= 0.6 is 0 Å². The Hall–Kier alpha value is -1.39. The SMILES string of the molecule is Cc1ccccc1NC(=O)COCC1CCCC1CN. The summed E-state index contributed by atoms with van der Waals surface area (Å²) in [4.78, 5) is 11.8. The monoisotopic (exact) mass is 276 g/mol. The van der Waals surface area contributed by atoms with E-state index in [1.807, 2.05) is 31.2 Å². The number of hydrogen-bond donors (Lipinski definition) is 2. The van der Waals surface area contributed by atoms with Crippen LogP contribution in [0.1, 0.15) is 24.8 Å². The first-order valence-corrected chi connectivity index (χ1v) is 7.34. The zero-order valence-electron chi connectivity index (χ0n) is 12.1. The minimum atomic E-state index is -0.0957. The molecule has 0 heterocycles. The number of nitrogens with two attached hydrogens (primary N) is 1. The van der Waals surface area contributed by atoms with Gasteiger partial charge in [0.1, 0.15) is 6.61 Å². The minimum absolute atomic E-state index is 0.0957. The van der Waals surface area contributed by atoms with Gasteiger partial charge in [-0.25, -0.2) is 0 Å². The number of carbonyl (C=O) groups excluding carboxylic acids is 1. The van der Waals surface area contributed by atoms with E-state index in [1.54, 1.807) is 0 Å². The first-order chi connectivity index (χ1) is 9.70. The molecule has 0 bridgehead atoms. The fraction of sp³-hybridized carbons (Fsp3) is 0.562. The molecule has 4 nitrogen and oxygen atoms in total. The molecule has 1 saturated carbocycles. The van der Waals surface area contributed by atoms with Crippen molar-refractivity contribution in [1.29, 1.82) is 0 Å². The molecular formula is C16H24N2O2. The zero-order valence-corrected chi connectivity index (χ0v) is 12.1. The molecule has 1 amide bonds. The van der Waals surface area contributed by atoms with Crippen molar-refractivity contribution in [3.05, 3.63) is 29.8 Å². The van der Waals surface area contributed by atoms with E-state index >= 15 is 0 Å². The molecule has 1 fully saturated rings. The molecule has 3 N–H and O–H groups in total. The van der Waals surface area contributed by atoms with E-state index in [0.29, 0.717) is 18.4 Å². The summed E-state index contributed by atoms with van der Waals surface area (Å²) >= 11 is 0. The van der Waals surface area contributed by atoms with Crippen molar-refractivity contribution in [3.63, 3.8) is 0 Å². The van der Waals surface area contributed by atoms with E-state index in [1.165, 1.54) is 19.3 Å². The highest BCUT2D eigenvalue weighted by Gasteiger charge is 2.26. The van der Waals surface area contributed by atoms with Crippen LogP contribution in [-0.4, -0.2) is 25.7 Å². The summed E-state index contributed by atoms with van der Waals surface area (Å²) in [5, 5.41) is 2.87. The van der Waals surface area contributed by atoms with Gasteiger partial charge < -0.3 is 15.8 Å². The second kappa shape index (κ2) is 7.41. The number of ether oxygens (including phenoxy) is 1. The summed E-state index contributed by atoms with van der Waals surface area (Å²) in [6.45, 7) is 3.45. The number of carbonyl (C=O) groups is 1. The lowest BCUT2D eigenvalue weighted by atomic mass is 9.97. The van der Waals surface area contributed by atoms with Gasteiger partial charge in [-0.2, -0.15) is 0 Å². The van der Waals surface area contributed by atoms with Crippen LogP contribution in [0.4, 0.5) is 5.69 Å². The van der Waals surface area contributed by atoms with Crippen LogP contribution in [0, 0.1) is 18.8 Å². The molecule has 110 valence electrons. The maximum Gasteiger partial charge on any atom is 0.250 e. The molecule has 2 unspecified atom stereocenters. The Morgan fingerprint density at radius 3 is 2.85 bits per heavy atom. The van der Waals surface area contributed by atoms with Gasteiger partial charge >= 0.3 is 0 Å². The summed E-state index contributed by atoms with van der Waals surface area (Å²) in [6.07, 6.45) is 3.59. The second-order valence-corrected chi connectivity index (χ2v) is 5.56. The molecule has 1 aromatic carbocycles. The standard InChI is InChI=1S/C16H24N2O2/c1-12-5-2-3-8-15(12)18-16(19)11-20-10-14-7-4-6-13(14)9-17/h2-3,5,8,13-14H,4,6-7,9-11,17H2,1H3,(H,18,19). The molecule has 1 aliphatic carbocycles. The Kier molecular flexibility index (Phi) is 5.56. The lowest BCUT2D eigenvalue weighted by Gasteiger charge is -2.17. The first kappa shape index (κ1) is 15.0. The Labute approximate surface area is 120 Å². The van der Waals surface area contributed by atoms with Crippen LogP contribution in [-0.2, 0) is 9.53 Å². The second-order valence-electron chi connectivity index (χ2n) is 5.56. The molecule has 0 saturated heterocycles. The van der Waals surface area contributed by atoms with E-state index in [-0.39, 0.29) is 12.5 Å². The third kappa shape index (κ3) is 4.05. The third-order valence-electron chi connectivity index (χ3n) is 4.10. The number of rotatable bonds is 6.